The summed E-state index contributed by atoms with van der Waals surface area (Å²) in [4.78, 5) is 4.22. The maximum absolute atomic E-state index is 5.75. The van der Waals surface area contributed by atoms with Crippen LogP contribution in [0.3, 0.4) is 0 Å². The number of rotatable bonds is 1. The van der Waals surface area contributed by atoms with Crippen molar-refractivity contribution in [2.45, 2.75) is 16.8 Å². The Morgan fingerprint density at radius 1 is 1.57 bits per heavy atom. The van der Waals surface area contributed by atoms with Crippen molar-refractivity contribution in [2.75, 3.05) is 0 Å². The van der Waals surface area contributed by atoms with Gasteiger partial charge in [0.15, 0.2) is 0 Å². The normalized spacial score (nSPS) is 11.4. The number of thiocarbonyl (C=S) groups is 1. The van der Waals surface area contributed by atoms with E-state index < -0.39 is 18.7 Å². The molecule has 0 fully saturated rings. The van der Waals surface area contributed by atoms with Crippen LogP contribution in [0.2, 0.25) is 9.88 Å². The molecular formula is C4H11NSSn. The molecule has 0 radical (unpaired) electrons. The number of nitrogens with two attached hydrogens (primary N) is 1. The molecule has 1 nitrogen and oxygen atoms in total. The van der Waals surface area contributed by atoms with E-state index in [0.29, 0.717) is 0 Å². The third-order valence-electron chi connectivity index (χ3n) is 0.907. The molecule has 0 aromatic carbocycles. The second kappa shape index (κ2) is 2.42. The molecule has 42 valence electrons. The van der Waals surface area contributed by atoms with E-state index in [1.54, 1.807) is 0 Å². The van der Waals surface area contributed by atoms with Crippen LogP contribution < -0.4 is 3.96 Å². The first kappa shape index (κ1) is 7.85. The Bertz CT molecular complexity index is 84.2. The van der Waals surface area contributed by atoms with Crippen molar-refractivity contribution in [1.29, 1.82) is 0 Å². The zero-order valence-corrected chi connectivity index (χ0v) is 8.66. The van der Waals surface area contributed by atoms with E-state index in [0.717, 1.165) is 2.88 Å². The molecule has 0 amide bonds. The first-order valence-electron chi connectivity index (χ1n) is 2.24. The van der Waals surface area contributed by atoms with E-state index >= 15 is 0 Å². The average Bonchev–Trinajstić information content (AvgIpc) is 1.31. The third kappa shape index (κ3) is 3.43. The summed E-state index contributed by atoms with van der Waals surface area (Å²) < 4.78 is 6.81. The van der Waals surface area contributed by atoms with E-state index in [1.165, 1.54) is 0 Å². The topological polar surface area (TPSA) is 26.0 Å². The van der Waals surface area contributed by atoms with Crippen LogP contribution in [0.5, 0.6) is 0 Å². The van der Waals surface area contributed by atoms with Crippen molar-refractivity contribution in [3.63, 3.8) is 0 Å². The van der Waals surface area contributed by atoms with Crippen molar-refractivity contribution < 1.29 is 0 Å². The van der Waals surface area contributed by atoms with Gasteiger partial charge < -0.3 is 0 Å². The second-order valence-corrected chi connectivity index (χ2v) is 15.9. The zero-order valence-electron chi connectivity index (χ0n) is 4.99. The minimum atomic E-state index is -2.14. The first-order chi connectivity index (χ1) is 2.94. The van der Waals surface area contributed by atoms with Gasteiger partial charge in [-0.3, -0.25) is 0 Å². The van der Waals surface area contributed by atoms with Crippen LogP contribution >= 0.6 is 12.2 Å². The van der Waals surface area contributed by atoms with Gasteiger partial charge in [-0.15, -0.1) is 0 Å². The molecule has 0 heterocycles. The summed E-state index contributed by atoms with van der Waals surface area (Å²) in [6, 6.07) is 0. The minimum absolute atomic E-state index is 1.06. The molecule has 0 saturated heterocycles. The van der Waals surface area contributed by atoms with Gasteiger partial charge in [0.25, 0.3) is 0 Å². The van der Waals surface area contributed by atoms with Crippen LogP contribution in [-0.2, 0) is 0 Å². The fourth-order valence-corrected chi connectivity index (χ4v) is 0. The van der Waals surface area contributed by atoms with E-state index in [9.17, 15) is 0 Å². The molecule has 0 bridgehead atoms. The summed E-state index contributed by atoms with van der Waals surface area (Å²) in [6.07, 6.45) is 0. The Morgan fingerprint density at radius 2 is 1.71 bits per heavy atom. The first-order valence-corrected chi connectivity index (χ1v) is 11.4. The van der Waals surface area contributed by atoms with Gasteiger partial charge in [-0.2, -0.15) is 0 Å². The quantitative estimate of drug-likeness (QED) is 0.532. The molecule has 0 saturated carbocycles. The number of hydrogen-bond donors (Lipinski definition) is 1. The molecule has 0 aromatic rings. The molecule has 0 spiro atoms. The van der Waals surface area contributed by atoms with Crippen molar-refractivity contribution in [3.8, 4) is 0 Å². The summed E-state index contributed by atoms with van der Waals surface area (Å²) in [5.74, 6) is 0. The maximum atomic E-state index is 5.75. The predicted molar refractivity (Wildman–Crippen MR) is 39.9 cm³/mol. The van der Waals surface area contributed by atoms with Gasteiger partial charge in [0.1, 0.15) is 0 Å². The van der Waals surface area contributed by atoms with Gasteiger partial charge in [0, 0.05) is 0 Å². The van der Waals surface area contributed by atoms with Gasteiger partial charge in [-0.05, 0) is 0 Å². The van der Waals surface area contributed by atoms with Crippen molar-refractivity contribution in [3.05, 3.63) is 0 Å². The van der Waals surface area contributed by atoms with Gasteiger partial charge >= 0.3 is 54.5 Å². The van der Waals surface area contributed by atoms with Crippen LogP contribution in [0.25, 0.3) is 0 Å². The van der Waals surface area contributed by atoms with Crippen LogP contribution in [0.15, 0.2) is 0 Å². The van der Waals surface area contributed by atoms with Crippen molar-refractivity contribution >= 4 is 33.7 Å². The van der Waals surface area contributed by atoms with E-state index in [4.69, 9.17) is 16.2 Å². The summed E-state index contributed by atoms with van der Waals surface area (Å²) in [6.45, 7) is 1.95. The molecule has 0 rings (SSSR count). The molecule has 0 aromatic heterocycles. The molecular weight excluding hydrogens is 213 g/mol. The fraction of sp³-hybridized carbons (Fsp3) is 0.750. The van der Waals surface area contributed by atoms with E-state index in [1.807, 2.05) is 6.92 Å². The van der Waals surface area contributed by atoms with Crippen molar-refractivity contribution in [1.82, 2.24) is 0 Å². The summed E-state index contributed by atoms with van der Waals surface area (Å²) in [5.41, 5.74) is 0. The van der Waals surface area contributed by atoms with Crippen LogP contribution in [0.4, 0.5) is 0 Å². The third-order valence-corrected chi connectivity index (χ3v) is 9.62. The summed E-state index contributed by atoms with van der Waals surface area (Å²) in [7, 11) is 0. The molecule has 7 heavy (non-hydrogen) atoms. The van der Waals surface area contributed by atoms with Gasteiger partial charge in [-0.25, -0.2) is 0 Å². The number of hydrogen-bond acceptors (Lipinski definition) is 2. The molecule has 0 aliphatic heterocycles. The SMILES string of the molecule is C[C](=S)[Sn]([CH3])([CH3])[NH2]. The van der Waals surface area contributed by atoms with Gasteiger partial charge in [0.2, 0.25) is 0 Å². The Hall–Kier alpha value is 0.849. The van der Waals surface area contributed by atoms with Crippen LogP contribution in [0.1, 0.15) is 6.92 Å². The summed E-state index contributed by atoms with van der Waals surface area (Å²) >= 11 is 2.77. The van der Waals surface area contributed by atoms with Gasteiger partial charge in [-0.1, -0.05) is 0 Å². The van der Waals surface area contributed by atoms with E-state index in [-0.39, 0.29) is 0 Å². The standard InChI is InChI=1S/C2H3S.2CH3.H2N.Sn/c1-2-3;;;;/h1H3;2*1H3;1H2;/q;;;-1;+1. The molecule has 0 atom stereocenters. The van der Waals surface area contributed by atoms with Crippen LogP contribution in [0, 0.1) is 0 Å². The molecule has 0 unspecified atom stereocenters. The van der Waals surface area contributed by atoms with Crippen molar-refractivity contribution in [2.24, 2.45) is 3.96 Å². The predicted octanol–water partition coefficient (Wildman–Crippen LogP) is 1.08. The average molecular weight is 224 g/mol. The van der Waals surface area contributed by atoms with Crippen LogP contribution in [-0.4, -0.2) is 21.5 Å². The Labute approximate surface area is 54.5 Å². The summed E-state index contributed by atoms with van der Waals surface area (Å²) in [5, 5.41) is 0. The second-order valence-electron chi connectivity index (χ2n) is 2.28. The zero-order chi connectivity index (χ0) is 6.08. The Balaban J connectivity index is 3.79. The molecule has 2 N–H and O–H groups in total. The fourth-order valence-electron chi connectivity index (χ4n) is 0. The monoisotopic (exact) mass is 225 g/mol. The molecule has 0 aliphatic carbocycles. The molecule has 3 heteroatoms. The Kier molecular flexibility index (Phi) is 2.71. The Morgan fingerprint density at radius 3 is 1.71 bits per heavy atom. The molecule has 0 aliphatic rings. The van der Waals surface area contributed by atoms with E-state index in [2.05, 4.69) is 9.88 Å². The van der Waals surface area contributed by atoms with Gasteiger partial charge in [0.05, 0.1) is 0 Å².